The van der Waals surface area contributed by atoms with Crippen LogP contribution in [0.4, 0.5) is 0 Å². The molecule has 146 valence electrons. The minimum absolute atomic E-state index is 0.0190. The molecule has 2 rings (SSSR count). The topological polar surface area (TPSA) is 130 Å². The third-order valence-corrected chi connectivity index (χ3v) is 3.19. The van der Waals surface area contributed by atoms with Crippen molar-refractivity contribution in [3.05, 3.63) is 72.3 Å². The number of carbonyl (C=O) groups is 3. The summed E-state index contributed by atoms with van der Waals surface area (Å²) in [4.78, 5) is 33.3. The van der Waals surface area contributed by atoms with Crippen molar-refractivity contribution in [2.24, 2.45) is 0 Å². The van der Waals surface area contributed by atoms with Gasteiger partial charge in [-0.2, -0.15) is 0 Å². The Morgan fingerprint density at radius 3 is 2.07 bits per heavy atom. The molecule has 0 aliphatic carbocycles. The molecule has 0 saturated carbocycles. The fourth-order valence-electron chi connectivity index (χ4n) is 1.66. The molecule has 0 unspecified atom stereocenters. The molecule has 0 heterocycles. The molecule has 8 nitrogen and oxygen atoms in total. The van der Waals surface area contributed by atoms with Gasteiger partial charge in [0.05, 0.1) is 5.02 Å². The number of aromatic carboxylic acids is 1. The number of esters is 2. The Kier molecular flexibility index (Phi) is 8.26. The van der Waals surface area contributed by atoms with E-state index in [0.29, 0.717) is 0 Å². The Hall–Kier alpha value is -3.78. The van der Waals surface area contributed by atoms with Crippen molar-refractivity contribution in [2.45, 2.75) is 0 Å². The number of hydrogen-bond donors (Lipinski definition) is 3. The van der Waals surface area contributed by atoms with Crippen LogP contribution in [-0.4, -0.2) is 33.2 Å². The summed E-state index contributed by atoms with van der Waals surface area (Å²) in [5.74, 6) is -3.53. The lowest BCUT2D eigenvalue weighted by Crippen LogP contribution is -2.12. The predicted molar refractivity (Wildman–Crippen MR) is 99.8 cm³/mol. The Labute approximate surface area is 164 Å². The summed E-state index contributed by atoms with van der Waals surface area (Å²) in [6, 6.07) is 7.81. The monoisotopic (exact) mass is 406 g/mol. The molecule has 0 aliphatic heterocycles. The normalized spacial score (nSPS) is 9.32. The first-order valence-corrected chi connectivity index (χ1v) is 7.79. The van der Waals surface area contributed by atoms with Crippen molar-refractivity contribution in [1.82, 2.24) is 0 Å². The molecule has 0 amide bonds. The van der Waals surface area contributed by atoms with E-state index >= 15 is 0 Å². The molecule has 0 aromatic heterocycles. The summed E-state index contributed by atoms with van der Waals surface area (Å²) in [6.45, 7) is 6.40. The van der Waals surface area contributed by atoms with Crippen LogP contribution in [0.3, 0.4) is 0 Å². The highest BCUT2D eigenvalue weighted by molar-refractivity contribution is 6.32. The molecule has 0 saturated heterocycles. The molecule has 9 heteroatoms. The molecule has 2 aromatic carbocycles. The Balaban J connectivity index is 0.000000362. The second kappa shape index (κ2) is 10.4. The third kappa shape index (κ3) is 6.50. The van der Waals surface area contributed by atoms with E-state index in [1.165, 1.54) is 36.4 Å². The van der Waals surface area contributed by atoms with Crippen LogP contribution in [0.5, 0.6) is 23.0 Å². The number of hydrogen-bond acceptors (Lipinski definition) is 7. The summed E-state index contributed by atoms with van der Waals surface area (Å²) < 4.78 is 9.58. The number of phenols is 2. The van der Waals surface area contributed by atoms with Gasteiger partial charge in [-0.15, -0.1) is 0 Å². The van der Waals surface area contributed by atoms with E-state index in [1.807, 2.05) is 0 Å². The minimum atomic E-state index is -1.33. The highest BCUT2D eigenvalue weighted by Gasteiger charge is 2.20. The number of para-hydroxylation sites is 1. The molecule has 0 aliphatic rings. The van der Waals surface area contributed by atoms with Crippen molar-refractivity contribution < 1.29 is 39.2 Å². The minimum Gasteiger partial charge on any atom is -0.508 e. The second-order valence-electron chi connectivity index (χ2n) is 4.82. The molecular weight excluding hydrogens is 392 g/mol. The van der Waals surface area contributed by atoms with Gasteiger partial charge < -0.3 is 24.8 Å². The van der Waals surface area contributed by atoms with Crippen LogP contribution >= 0.6 is 11.6 Å². The van der Waals surface area contributed by atoms with Crippen LogP contribution in [-0.2, 0) is 9.59 Å². The van der Waals surface area contributed by atoms with Crippen LogP contribution in [0, 0.1) is 0 Å². The van der Waals surface area contributed by atoms with Crippen molar-refractivity contribution in [3.8, 4) is 23.0 Å². The fourth-order valence-corrected chi connectivity index (χ4v) is 1.83. The summed E-state index contributed by atoms with van der Waals surface area (Å²) in [7, 11) is 0. The largest absolute Gasteiger partial charge is 0.508 e. The van der Waals surface area contributed by atoms with E-state index in [1.54, 1.807) is 0 Å². The summed E-state index contributed by atoms with van der Waals surface area (Å²) >= 11 is 5.40. The molecule has 28 heavy (non-hydrogen) atoms. The lowest BCUT2D eigenvalue weighted by molar-refractivity contribution is -0.131. The second-order valence-corrected chi connectivity index (χ2v) is 5.23. The van der Waals surface area contributed by atoms with Gasteiger partial charge in [-0.3, -0.25) is 0 Å². The van der Waals surface area contributed by atoms with Crippen molar-refractivity contribution >= 4 is 29.5 Å². The summed E-state index contributed by atoms with van der Waals surface area (Å²) in [6.07, 6.45) is 1.75. The van der Waals surface area contributed by atoms with Crippen molar-refractivity contribution in [1.29, 1.82) is 0 Å². The maximum Gasteiger partial charge on any atom is 0.339 e. The average Bonchev–Trinajstić information content (AvgIpc) is 2.66. The van der Waals surface area contributed by atoms with E-state index in [2.05, 4.69) is 13.2 Å². The quantitative estimate of drug-likeness (QED) is 0.298. The van der Waals surface area contributed by atoms with Crippen LogP contribution in [0.2, 0.25) is 5.02 Å². The molecule has 3 N–H and O–H groups in total. The fraction of sp³-hybridized carbons (Fsp3) is 0. The average molecular weight is 407 g/mol. The van der Waals surface area contributed by atoms with E-state index in [4.69, 9.17) is 36.4 Å². The van der Waals surface area contributed by atoms with Gasteiger partial charge in [-0.1, -0.05) is 30.8 Å². The lowest BCUT2D eigenvalue weighted by Gasteiger charge is -2.10. The molecule has 0 spiro atoms. The van der Waals surface area contributed by atoms with Gasteiger partial charge in [0.25, 0.3) is 0 Å². The molecule has 0 radical (unpaired) electrons. The van der Waals surface area contributed by atoms with Gasteiger partial charge >= 0.3 is 17.9 Å². The van der Waals surface area contributed by atoms with Gasteiger partial charge in [0, 0.05) is 18.2 Å². The molecular formula is C19H15ClO8. The first-order valence-electron chi connectivity index (χ1n) is 7.41. The maximum atomic E-state index is 11.2. The SMILES string of the molecule is C=CC(=O)Oc1cccc(C(=O)O)c1OC(=O)C=C.Oc1ccc(O)c(Cl)c1. The zero-order valence-corrected chi connectivity index (χ0v) is 15.0. The van der Waals surface area contributed by atoms with Gasteiger partial charge in [0.2, 0.25) is 0 Å². The van der Waals surface area contributed by atoms with E-state index in [0.717, 1.165) is 12.2 Å². The van der Waals surface area contributed by atoms with Gasteiger partial charge in [-0.05, 0) is 24.3 Å². The zero-order valence-electron chi connectivity index (χ0n) is 14.3. The van der Waals surface area contributed by atoms with E-state index in [9.17, 15) is 14.4 Å². The van der Waals surface area contributed by atoms with Crippen molar-refractivity contribution in [3.63, 3.8) is 0 Å². The number of halogens is 1. The predicted octanol–water partition coefficient (Wildman–Crippen LogP) is 3.32. The number of ether oxygens (including phenoxy) is 2. The molecule has 0 bridgehead atoms. The van der Waals surface area contributed by atoms with Gasteiger partial charge in [0.1, 0.15) is 17.1 Å². The number of phenolic OH excluding ortho intramolecular Hbond substituents is 2. The Bertz CT molecular complexity index is 920. The highest BCUT2D eigenvalue weighted by Crippen LogP contribution is 2.32. The van der Waals surface area contributed by atoms with Crippen LogP contribution in [0.25, 0.3) is 0 Å². The van der Waals surface area contributed by atoms with Crippen LogP contribution < -0.4 is 9.47 Å². The molecule has 0 atom stereocenters. The number of rotatable bonds is 5. The van der Waals surface area contributed by atoms with E-state index < -0.39 is 17.9 Å². The number of benzene rings is 2. The van der Waals surface area contributed by atoms with Gasteiger partial charge in [0.15, 0.2) is 11.5 Å². The van der Waals surface area contributed by atoms with Crippen molar-refractivity contribution in [2.75, 3.05) is 0 Å². The van der Waals surface area contributed by atoms with Gasteiger partial charge in [-0.25, -0.2) is 14.4 Å². The highest BCUT2D eigenvalue weighted by atomic mass is 35.5. The van der Waals surface area contributed by atoms with E-state index in [-0.39, 0.29) is 33.6 Å². The zero-order chi connectivity index (χ0) is 21.3. The Morgan fingerprint density at radius 2 is 1.57 bits per heavy atom. The standard InChI is InChI=1S/C13H10O6.C6H5ClO2/c1-3-10(14)18-9-7-5-6-8(13(16)17)12(9)19-11(15)4-2;7-5-3-4(8)1-2-6(5)9/h3-7H,1-2H2,(H,16,17);1-3,8-9H. The van der Waals surface area contributed by atoms with Crippen LogP contribution in [0.1, 0.15) is 10.4 Å². The number of carboxylic acids is 1. The number of aromatic hydroxyl groups is 2. The summed E-state index contributed by atoms with van der Waals surface area (Å²) in [5, 5.41) is 26.7. The third-order valence-electron chi connectivity index (χ3n) is 2.89. The number of carbonyl (C=O) groups excluding carboxylic acids is 2. The smallest absolute Gasteiger partial charge is 0.339 e. The molecule has 2 aromatic rings. The first kappa shape index (κ1) is 22.3. The molecule has 0 fully saturated rings. The number of carboxylic acid groups (broad SMARTS) is 1. The Morgan fingerprint density at radius 1 is 0.964 bits per heavy atom. The maximum absolute atomic E-state index is 11.2. The lowest BCUT2D eigenvalue weighted by atomic mass is 10.2. The van der Waals surface area contributed by atoms with Crippen LogP contribution in [0.15, 0.2) is 61.7 Å². The summed E-state index contributed by atoms with van der Waals surface area (Å²) in [5.41, 5.74) is -0.315. The first-order chi connectivity index (χ1) is 13.2.